The standard InChI is InChI=1S/C18H15ClN4O/c1-23-17(14-5-3-2-4-6-14)11-16(22-23)18(24)21-20-12-13-7-9-15(19)10-8-13/h2-12H,1H3,(H,21,24). The summed E-state index contributed by atoms with van der Waals surface area (Å²) in [6, 6.07) is 18.6. The first-order chi connectivity index (χ1) is 11.6. The average molecular weight is 339 g/mol. The summed E-state index contributed by atoms with van der Waals surface area (Å²) in [6.45, 7) is 0. The van der Waals surface area contributed by atoms with Crippen molar-refractivity contribution >= 4 is 23.7 Å². The Morgan fingerprint density at radius 2 is 1.88 bits per heavy atom. The summed E-state index contributed by atoms with van der Waals surface area (Å²) in [5.41, 5.74) is 5.48. The van der Waals surface area contributed by atoms with Crippen molar-refractivity contribution in [2.45, 2.75) is 0 Å². The van der Waals surface area contributed by atoms with Crippen LogP contribution in [-0.2, 0) is 7.05 Å². The lowest BCUT2D eigenvalue weighted by Gasteiger charge is -1.99. The average Bonchev–Trinajstić information content (AvgIpc) is 2.99. The normalized spacial score (nSPS) is 10.9. The number of nitrogens with one attached hydrogen (secondary N) is 1. The summed E-state index contributed by atoms with van der Waals surface area (Å²) in [5.74, 6) is -0.363. The Morgan fingerprint density at radius 3 is 2.58 bits per heavy atom. The maximum absolute atomic E-state index is 12.2. The number of carbonyl (C=O) groups excluding carboxylic acids is 1. The van der Waals surface area contributed by atoms with Crippen LogP contribution in [-0.4, -0.2) is 21.9 Å². The third kappa shape index (κ3) is 3.70. The van der Waals surface area contributed by atoms with Gasteiger partial charge in [0.2, 0.25) is 0 Å². The van der Waals surface area contributed by atoms with Crippen molar-refractivity contribution < 1.29 is 4.79 Å². The predicted octanol–water partition coefficient (Wildman–Crippen LogP) is 3.50. The molecular weight excluding hydrogens is 324 g/mol. The zero-order chi connectivity index (χ0) is 16.9. The topological polar surface area (TPSA) is 59.3 Å². The van der Waals surface area contributed by atoms with Crippen LogP contribution < -0.4 is 5.43 Å². The molecule has 120 valence electrons. The van der Waals surface area contributed by atoms with E-state index in [1.54, 1.807) is 36.1 Å². The number of aryl methyl sites for hydroxylation is 1. The van der Waals surface area contributed by atoms with Gasteiger partial charge >= 0.3 is 0 Å². The van der Waals surface area contributed by atoms with E-state index < -0.39 is 0 Å². The lowest BCUT2D eigenvalue weighted by molar-refractivity contribution is 0.0949. The van der Waals surface area contributed by atoms with Crippen molar-refractivity contribution in [1.82, 2.24) is 15.2 Å². The lowest BCUT2D eigenvalue weighted by atomic mass is 10.1. The second-order valence-electron chi connectivity index (χ2n) is 5.16. The zero-order valence-corrected chi connectivity index (χ0v) is 13.7. The molecule has 1 aromatic heterocycles. The summed E-state index contributed by atoms with van der Waals surface area (Å²) in [5, 5.41) is 8.83. The van der Waals surface area contributed by atoms with E-state index in [-0.39, 0.29) is 5.91 Å². The predicted molar refractivity (Wildman–Crippen MR) is 95.2 cm³/mol. The first kappa shape index (κ1) is 16.0. The lowest BCUT2D eigenvalue weighted by Crippen LogP contribution is -2.18. The van der Waals surface area contributed by atoms with Gasteiger partial charge in [0.05, 0.1) is 11.9 Å². The van der Waals surface area contributed by atoms with Gasteiger partial charge in [-0.2, -0.15) is 10.2 Å². The molecule has 0 bridgehead atoms. The number of hydrogen-bond donors (Lipinski definition) is 1. The number of hydrogen-bond acceptors (Lipinski definition) is 3. The molecule has 0 aliphatic rings. The molecule has 0 radical (unpaired) electrons. The van der Waals surface area contributed by atoms with Crippen LogP contribution in [0.3, 0.4) is 0 Å². The van der Waals surface area contributed by atoms with Gasteiger partial charge in [0.15, 0.2) is 5.69 Å². The van der Waals surface area contributed by atoms with E-state index in [9.17, 15) is 4.79 Å². The monoisotopic (exact) mass is 338 g/mol. The summed E-state index contributed by atoms with van der Waals surface area (Å²) < 4.78 is 1.67. The minimum atomic E-state index is -0.363. The highest BCUT2D eigenvalue weighted by Gasteiger charge is 2.13. The van der Waals surface area contributed by atoms with Crippen LogP contribution in [0.25, 0.3) is 11.3 Å². The van der Waals surface area contributed by atoms with Gasteiger partial charge in [0, 0.05) is 12.1 Å². The second-order valence-corrected chi connectivity index (χ2v) is 5.59. The summed E-state index contributed by atoms with van der Waals surface area (Å²) >= 11 is 5.82. The van der Waals surface area contributed by atoms with Crippen molar-refractivity contribution in [3.05, 3.63) is 76.9 Å². The number of halogens is 1. The molecule has 1 amide bonds. The number of hydrazone groups is 1. The Balaban J connectivity index is 1.71. The third-order valence-electron chi connectivity index (χ3n) is 3.43. The van der Waals surface area contributed by atoms with Crippen molar-refractivity contribution in [1.29, 1.82) is 0 Å². The molecule has 5 nitrogen and oxygen atoms in total. The van der Waals surface area contributed by atoms with Gasteiger partial charge in [-0.25, -0.2) is 5.43 Å². The van der Waals surface area contributed by atoms with Crippen LogP contribution >= 0.6 is 11.6 Å². The molecule has 0 spiro atoms. The highest BCUT2D eigenvalue weighted by Crippen LogP contribution is 2.19. The summed E-state index contributed by atoms with van der Waals surface area (Å²) in [6.07, 6.45) is 1.55. The Morgan fingerprint density at radius 1 is 1.17 bits per heavy atom. The summed E-state index contributed by atoms with van der Waals surface area (Å²) in [7, 11) is 1.80. The molecule has 1 heterocycles. The van der Waals surface area contributed by atoms with Gasteiger partial charge in [0.1, 0.15) is 0 Å². The SMILES string of the molecule is Cn1nc(C(=O)NN=Cc2ccc(Cl)cc2)cc1-c1ccccc1. The molecule has 0 atom stereocenters. The number of nitrogens with zero attached hydrogens (tertiary/aromatic N) is 3. The van der Waals surface area contributed by atoms with E-state index in [1.807, 2.05) is 42.5 Å². The molecule has 0 aliphatic heterocycles. The highest BCUT2D eigenvalue weighted by atomic mass is 35.5. The fourth-order valence-electron chi connectivity index (χ4n) is 2.23. The van der Waals surface area contributed by atoms with E-state index in [0.29, 0.717) is 10.7 Å². The fourth-order valence-corrected chi connectivity index (χ4v) is 2.35. The van der Waals surface area contributed by atoms with Gasteiger partial charge in [-0.05, 0) is 29.3 Å². The van der Waals surface area contributed by atoms with Gasteiger partial charge in [-0.15, -0.1) is 0 Å². The number of benzene rings is 2. The number of rotatable bonds is 4. The molecule has 2 aromatic carbocycles. The van der Waals surface area contributed by atoms with E-state index >= 15 is 0 Å². The maximum Gasteiger partial charge on any atom is 0.291 e. The van der Waals surface area contributed by atoms with Gasteiger partial charge < -0.3 is 0 Å². The van der Waals surface area contributed by atoms with Crippen LogP contribution in [0.2, 0.25) is 5.02 Å². The van der Waals surface area contributed by atoms with Crippen LogP contribution in [0.1, 0.15) is 16.1 Å². The largest absolute Gasteiger partial charge is 0.291 e. The van der Waals surface area contributed by atoms with Crippen molar-refractivity contribution in [3.8, 4) is 11.3 Å². The third-order valence-corrected chi connectivity index (χ3v) is 3.68. The first-order valence-corrected chi connectivity index (χ1v) is 7.70. The minimum absolute atomic E-state index is 0.310. The molecule has 3 aromatic rings. The molecular formula is C18H15ClN4O. The van der Waals surface area contributed by atoms with Crippen molar-refractivity contribution in [2.24, 2.45) is 12.1 Å². The van der Waals surface area contributed by atoms with Gasteiger partial charge in [0.25, 0.3) is 5.91 Å². The molecule has 0 aliphatic carbocycles. The fraction of sp³-hybridized carbons (Fsp3) is 0.0556. The smallest absolute Gasteiger partial charge is 0.267 e. The molecule has 0 saturated carbocycles. The molecule has 0 unspecified atom stereocenters. The van der Waals surface area contributed by atoms with E-state index in [1.165, 1.54) is 0 Å². The molecule has 1 N–H and O–H groups in total. The Kier molecular flexibility index (Phi) is 4.72. The molecule has 24 heavy (non-hydrogen) atoms. The molecule has 3 rings (SSSR count). The maximum atomic E-state index is 12.2. The number of carbonyl (C=O) groups is 1. The number of aromatic nitrogens is 2. The molecule has 6 heteroatoms. The van der Waals surface area contributed by atoms with Gasteiger partial charge in [-0.3, -0.25) is 9.48 Å². The summed E-state index contributed by atoms with van der Waals surface area (Å²) in [4.78, 5) is 12.2. The van der Waals surface area contributed by atoms with Gasteiger partial charge in [-0.1, -0.05) is 54.1 Å². The number of amides is 1. The van der Waals surface area contributed by atoms with Crippen molar-refractivity contribution in [3.63, 3.8) is 0 Å². The quantitative estimate of drug-likeness (QED) is 0.584. The Labute approximate surface area is 144 Å². The van der Waals surface area contributed by atoms with E-state index in [4.69, 9.17) is 11.6 Å². The molecule has 0 saturated heterocycles. The van der Waals surface area contributed by atoms with Crippen LogP contribution in [0.15, 0.2) is 65.8 Å². The second kappa shape index (κ2) is 7.10. The van der Waals surface area contributed by atoms with Crippen LogP contribution in [0.4, 0.5) is 0 Å². The minimum Gasteiger partial charge on any atom is -0.267 e. The molecule has 0 fully saturated rings. The van der Waals surface area contributed by atoms with E-state index in [0.717, 1.165) is 16.8 Å². The van der Waals surface area contributed by atoms with Crippen LogP contribution in [0.5, 0.6) is 0 Å². The highest BCUT2D eigenvalue weighted by molar-refractivity contribution is 6.30. The first-order valence-electron chi connectivity index (χ1n) is 7.32. The van der Waals surface area contributed by atoms with Crippen molar-refractivity contribution in [2.75, 3.05) is 0 Å². The van der Waals surface area contributed by atoms with E-state index in [2.05, 4.69) is 15.6 Å². The zero-order valence-electron chi connectivity index (χ0n) is 13.0. The van der Waals surface area contributed by atoms with Crippen LogP contribution in [0, 0.1) is 0 Å². The Hall–Kier alpha value is -2.92. The Bertz CT molecular complexity index is 870.